The Bertz CT molecular complexity index is 2940. The van der Waals surface area contributed by atoms with E-state index in [9.17, 15) is 44.7 Å². The molecule has 0 amide bonds. The molecule has 69 heavy (non-hydrogen) atoms. The smallest absolute Gasteiger partial charge is 0.343 e. The minimum atomic E-state index is -1.15. The lowest BCUT2D eigenvalue weighted by Gasteiger charge is -2.06. The highest BCUT2D eigenvalue weighted by Gasteiger charge is 2.16. The summed E-state index contributed by atoms with van der Waals surface area (Å²) in [5, 5.41) is 34.3. The molecule has 6 aromatic carbocycles. The van der Waals surface area contributed by atoms with Crippen molar-refractivity contribution in [2.45, 2.75) is 65.2 Å². The first-order valence-corrected chi connectivity index (χ1v) is 21.1. The molecule has 0 saturated carbocycles. The number of carbonyl (C=O) groups excluding carboxylic acids is 1. The number of nitriles is 2. The molecule has 15 heteroatoms. The van der Waals surface area contributed by atoms with Crippen LogP contribution in [0.1, 0.15) is 118 Å². The molecule has 6 aromatic rings. The molecule has 0 heterocycles. The van der Waals surface area contributed by atoms with Crippen LogP contribution in [0.4, 0.5) is 35.1 Å². The van der Waals surface area contributed by atoms with E-state index in [1.54, 1.807) is 0 Å². The van der Waals surface area contributed by atoms with E-state index in [-0.39, 0.29) is 22.3 Å². The number of aromatic hydroxyl groups is 1. The second-order valence-electron chi connectivity index (χ2n) is 14.9. The Balaban J connectivity index is 0.000000255. The van der Waals surface area contributed by atoms with E-state index in [2.05, 4.69) is 30.6 Å². The standard InChI is InChI=1S/C27H19F4NO2.C20H18F2O2.C7H3F2NO/c1-2-3-4-5-18-12-23(28)21(24(29)13-18)11-8-17-6-9-19(10-7-17)27(33)34-20-14-25(30)22(16-32)26(31)15-20;1-2-3-4-5-15-12-18(21)17(19(22)13-15)11-8-14-6-9-16(10-7-14)20(23)24;8-6-1-4(11)2-7(9)5(6)3-10/h6-7,9-10,12-15H,2-5H2,1H3;6-7,9-10,12-13H,2-5H2,1H3,(H,23,24);1-2,11H. The summed E-state index contributed by atoms with van der Waals surface area (Å²) >= 11 is 0. The predicted molar refractivity (Wildman–Crippen MR) is 240 cm³/mol. The number of hydrogen-bond donors (Lipinski definition) is 2. The number of rotatable bonds is 11. The summed E-state index contributed by atoms with van der Waals surface area (Å²) in [5.74, 6) is 0.213. The van der Waals surface area contributed by atoms with Crippen molar-refractivity contribution >= 4 is 11.9 Å². The Morgan fingerprint density at radius 3 is 1.19 bits per heavy atom. The number of phenols is 1. The zero-order valence-electron chi connectivity index (χ0n) is 36.9. The fourth-order valence-electron chi connectivity index (χ4n) is 6.14. The highest BCUT2D eigenvalue weighted by Crippen LogP contribution is 2.23. The summed E-state index contributed by atoms with van der Waals surface area (Å²) in [6.45, 7) is 4.12. The molecule has 2 N–H and O–H groups in total. The molecular weight excluding hydrogens is 909 g/mol. The van der Waals surface area contributed by atoms with Crippen molar-refractivity contribution in [1.29, 1.82) is 10.5 Å². The normalized spacial score (nSPS) is 10.0. The van der Waals surface area contributed by atoms with Crippen LogP contribution in [0.2, 0.25) is 0 Å². The molecule has 0 saturated heterocycles. The van der Waals surface area contributed by atoms with Crippen molar-refractivity contribution in [3.8, 4) is 47.3 Å². The number of nitrogens with zero attached hydrogens (tertiary/aromatic N) is 2. The third-order valence-corrected chi connectivity index (χ3v) is 9.73. The van der Waals surface area contributed by atoms with Crippen molar-refractivity contribution in [2.24, 2.45) is 0 Å². The first-order chi connectivity index (χ1) is 33.0. The van der Waals surface area contributed by atoms with Gasteiger partial charge in [-0.3, -0.25) is 0 Å². The summed E-state index contributed by atoms with van der Waals surface area (Å²) in [6.07, 6.45) is 7.06. The van der Waals surface area contributed by atoms with Crippen LogP contribution in [-0.4, -0.2) is 22.2 Å². The SMILES string of the molecule is CCCCCc1cc(F)c(C#Cc2ccc(C(=O)O)cc2)c(F)c1.CCCCCc1cc(F)c(C#Cc2ccc(C(=O)Oc3cc(F)c(C#N)c(F)c3)cc2)c(F)c1.N#Cc1c(F)cc(O)cc1F. The monoisotopic (exact) mass is 948 g/mol. The number of benzene rings is 6. The number of ether oxygens (including phenoxy) is 1. The average Bonchev–Trinajstić information content (AvgIpc) is 3.29. The van der Waals surface area contributed by atoms with Gasteiger partial charge in [0.15, 0.2) is 0 Å². The van der Waals surface area contributed by atoms with E-state index in [4.69, 9.17) is 25.5 Å². The quantitative estimate of drug-likeness (QED) is 0.0435. The van der Waals surface area contributed by atoms with Crippen LogP contribution < -0.4 is 4.74 Å². The van der Waals surface area contributed by atoms with Gasteiger partial charge in [-0.05, 0) is 110 Å². The van der Waals surface area contributed by atoms with Crippen LogP contribution in [0, 0.1) is 92.9 Å². The average molecular weight is 949 g/mol. The molecule has 0 aliphatic rings. The Morgan fingerprint density at radius 2 is 0.841 bits per heavy atom. The second kappa shape index (κ2) is 26.1. The third-order valence-electron chi connectivity index (χ3n) is 9.73. The number of phenolic OH excluding ortho intramolecular Hbond substituents is 1. The van der Waals surface area contributed by atoms with Gasteiger partial charge in [0.05, 0.1) is 22.3 Å². The van der Waals surface area contributed by atoms with E-state index in [0.29, 0.717) is 47.2 Å². The van der Waals surface area contributed by atoms with Crippen LogP contribution >= 0.6 is 0 Å². The zero-order valence-corrected chi connectivity index (χ0v) is 36.9. The van der Waals surface area contributed by atoms with Gasteiger partial charge in [0.25, 0.3) is 0 Å². The number of unbranched alkanes of at least 4 members (excludes halogenated alkanes) is 4. The van der Waals surface area contributed by atoms with Gasteiger partial charge >= 0.3 is 11.9 Å². The number of aromatic carboxylic acids is 1. The van der Waals surface area contributed by atoms with E-state index in [1.807, 2.05) is 6.92 Å². The van der Waals surface area contributed by atoms with Gasteiger partial charge in [0, 0.05) is 35.4 Å². The van der Waals surface area contributed by atoms with Crippen LogP contribution in [0.5, 0.6) is 11.5 Å². The number of carbonyl (C=O) groups is 2. The molecule has 0 fully saturated rings. The van der Waals surface area contributed by atoms with Gasteiger partial charge in [-0.25, -0.2) is 44.7 Å². The molecule has 352 valence electrons. The zero-order chi connectivity index (χ0) is 50.6. The minimum absolute atomic E-state index is 0.0597. The molecule has 0 atom stereocenters. The molecule has 0 aliphatic heterocycles. The molecule has 0 spiro atoms. The minimum Gasteiger partial charge on any atom is -0.508 e. The number of esters is 1. The molecule has 0 aromatic heterocycles. The van der Waals surface area contributed by atoms with Crippen molar-refractivity contribution in [2.75, 3.05) is 0 Å². The van der Waals surface area contributed by atoms with Crippen molar-refractivity contribution in [3.63, 3.8) is 0 Å². The summed E-state index contributed by atoms with van der Waals surface area (Å²) in [6, 6.07) is 22.2. The lowest BCUT2D eigenvalue weighted by atomic mass is 10.0. The van der Waals surface area contributed by atoms with E-state index in [1.165, 1.54) is 84.9 Å². The van der Waals surface area contributed by atoms with Gasteiger partial charge in [-0.2, -0.15) is 10.5 Å². The Hall–Kier alpha value is -8.40. The maximum atomic E-state index is 14.3. The maximum Gasteiger partial charge on any atom is 0.343 e. The van der Waals surface area contributed by atoms with Crippen LogP contribution in [0.15, 0.2) is 97.1 Å². The number of halogens is 8. The molecule has 0 bridgehead atoms. The first-order valence-electron chi connectivity index (χ1n) is 21.1. The summed E-state index contributed by atoms with van der Waals surface area (Å²) < 4.78 is 114. The molecule has 0 unspecified atom stereocenters. The van der Waals surface area contributed by atoms with Gasteiger partial charge in [0.2, 0.25) is 0 Å². The van der Waals surface area contributed by atoms with Gasteiger partial charge in [-0.15, -0.1) is 0 Å². The largest absolute Gasteiger partial charge is 0.508 e. The summed E-state index contributed by atoms with van der Waals surface area (Å²) in [4.78, 5) is 23.0. The van der Waals surface area contributed by atoms with E-state index >= 15 is 0 Å². The Kier molecular flexibility index (Phi) is 20.1. The number of carboxylic acid groups (broad SMARTS) is 1. The highest BCUT2D eigenvalue weighted by molar-refractivity contribution is 5.91. The van der Waals surface area contributed by atoms with Crippen LogP contribution in [-0.2, 0) is 12.8 Å². The maximum absolute atomic E-state index is 14.3. The van der Waals surface area contributed by atoms with Gasteiger partial charge in [0.1, 0.15) is 81.3 Å². The van der Waals surface area contributed by atoms with Gasteiger partial charge in [-0.1, -0.05) is 63.2 Å². The van der Waals surface area contributed by atoms with Crippen molar-refractivity contribution < 1.29 is 59.7 Å². The molecular formula is C54H40F8N2O5. The number of carboxylic acids is 1. The molecule has 6 rings (SSSR count). The number of hydrogen-bond acceptors (Lipinski definition) is 6. The Labute approximate surface area is 392 Å². The topological polar surface area (TPSA) is 131 Å². The highest BCUT2D eigenvalue weighted by atomic mass is 19.2. The molecule has 0 aliphatic carbocycles. The second-order valence-corrected chi connectivity index (χ2v) is 14.9. The predicted octanol–water partition coefficient (Wildman–Crippen LogP) is 12.8. The van der Waals surface area contributed by atoms with E-state index < -0.39 is 81.1 Å². The van der Waals surface area contributed by atoms with Crippen molar-refractivity contribution in [3.05, 3.63) is 199 Å². The third kappa shape index (κ3) is 15.9. The Morgan fingerprint density at radius 1 is 0.493 bits per heavy atom. The first kappa shape index (κ1) is 53.2. The van der Waals surface area contributed by atoms with E-state index in [0.717, 1.165) is 50.7 Å². The lowest BCUT2D eigenvalue weighted by Crippen LogP contribution is -2.09. The molecule has 7 nitrogen and oxygen atoms in total. The summed E-state index contributed by atoms with van der Waals surface area (Å²) in [7, 11) is 0. The van der Waals surface area contributed by atoms with Gasteiger partial charge < -0.3 is 14.9 Å². The van der Waals surface area contributed by atoms with Crippen LogP contribution in [0.25, 0.3) is 0 Å². The fourth-order valence-corrected chi connectivity index (χ4v) is 6.14. The van der Waals surface area contributed by atoms with Crippen LogP contribution in [0.3, 0.4) is 0 Å². The molecule has 0 radical (unpaired) electrons. The summed E-state index contributed by atoms with van der Waals surface area (Å²) in [5.41, 5.74) is 0.227. The fraction of sp³-hybridized carbons (Fsp3) is 0.185. The number of aryl methyl sites for hydroxylation is 2. The lowest BCUT2D eigenvalue weighted by molar-refractivity contribution is 0.0694. The van der Waals surface area contributed by atoms with Crippen molar-refractivity contribution in [1.82, 2.24) is 0 Å².